The van der Waals surface area contributed by atoms with E-state index in [9.17, 15) is 0 Å². The van der Waals surface area contributed by atoms with Crippen LogP contribution in [0.1, 0.15) is 37.0 Å². The Bertz CT molecular complexity index is 607. The number of fused-ring (bicyclic) bond motifs is 1. The molecule has 4 nitrogen and oxygen atoms in total. The second-order valence-electron chi connectivity index (χ2n) is 5.36. The minimum absolute atomic E-state index is 0.593. The monoisotopic (exact) mass is 310 g/mol. The SMILES string of the molecule is Cc1sc2nc(CSC(C)C(C)C)nc(NN)c2c1C. The van der Waals surface area contributed by atoms with E-state index in [1.54, 1.807) is 11.3 Å². The van der Waals surface area contributed by atoms with Gasteiger partial charge < -0.3 is 5.43 Å². The standard InChI is InChI=1S/C14H22N4S2/c1-7(2)9(4)19-6-11-16-13(18-15)12-8(3)10(5)20-14(12)17-11/h7,9H,6,15H2,1-5H3,(H,16,17,18). The highest BCUT2D eigenvalue weighted by atomic mass is 32.2. The molecule has 2 aromatic heterocycles. The molecular formula is C14H22N4S2. The lowest BCUT2D eigenvalue weighted by Crippen LogP contribution is -2.11. The zero-order chi connectivity index (χ0) is 14.9. The largest absolute Gasteiger partial charge is 0.308 e. The van der Waals surface area contributed by atoms with E-state index in [0.717, 1.165) is 27.6 Å². The third-order valence-electron chi connectivity index (χ3n) is 3.63. The lowest BCUT2D eigenvalue weighted by molar-refractivity contribution is 0.642. The molecule has 20 heavy (non-hydrogen) atoms. The van der Waals surface area contributed by atoms with Crippen molar-refractivity contribution in [2.75, 3.05) is 5.43 Å². The van der Waals surface area contributed by atoms with Crippen molar-refractivity contribution in [3.8, 4) is 0 Å². The van der Waals surface area contributed by atoms with Crippen LogP contribution in [0.15, 0.2) is 0 Å². The zero-order valence-electron chi connectivity index (χ0n) is 12.7. The molecule has 0 spiro atoms. The van der Waals surface area contributed by atoms with E-state index < -0.39 is 0 Å². The molecule has 0 saturated heterocycles. The maximum atomic E-state index is 5.62. The minimum Gasteiger partial charge on any atom is -0.308 e. The Morgan fingerprint density at radius 2 is 1.95 bits per heavy atom. The fraction of sp³-hybridized carbons (Fsp3) is 0.571. The third-order valence-corrected chi connectivity index (χ3v) is 6.22. The van der Waals surface area contributed by atoms with Crippen molar-refractivity contribution in [3.05, 3.63) is 16.3 Å². The fourth-order valence-electron chi connectivity index (χ4n) is 1.86. The number of aryl methyl sites for hydroxylation is 2. The molecule has 0 fully saturated rings. The van der Waals surface area contributed by atoms with Gasteiger partial charge in [-0.2, -0.15) is 11.8 Å². The van der Waals surface area contributed by atoms with Gasteiger partial charge in [0.2, 0.25) is 0 Å². The molecule has 0 aliphatic rings. The number of nitrogens with zero attached hydrogens (tertiary/aromatic N) is 2. The second-order valence-corrected chi connectivity index (χ2v) is 7.93. The van der Waals surface area contributed by atoms with Crippen molar-refractivity contribution in [1.29, 1.82) is 0 Å². The Morgan fingerprint density at radius 1 is 1.25 bits per heavy atom. The summed E-state index contributed by atoms with van der Waals surface area (Å²) in [5, 5.41) is 1.65. The molecule has 2 rings (SSSR count). The summed E-state index contributed by atoms with van der Waals surface area (Å²) in [7, 11) is 0. The molecule has 1 atom stereocenters. The first kappa shape index (κ1) is 15.5. The lowest BCUT2D eigenvalue weighted by Gasteiger charge is -2.14. The Labute approximate surface area is 128 Å². The molecule has 0 saturated carbocycles. The lowest BCUT2D eigenvalue weighted by atomic mass is 10.2. The fourth-order valence-corrected chi connectivity index (χ4v) is 3.84. The van der Waals surface area contributed by atoms with Crippen LogP contribution in [0.4, 0.5) is 5.82 Å². The number of anilines is 1. The highest BCUT2D eigenvalue weighted by Crippen LogP contribution is 2.33. The van der Waals surface area contributed by atoms with Crippen molar-refractivity contribution in [1.82, 2.24) is 9.97 Å². The summed E-state index contributed by atoms with van der Waals surface area (Å²) in [6.07, 6.45) is 0. The Kier molecular flexibility index (Phi) is 4.88. The summed E-state index contributed by atoms with van der Waals surface area (Å²) in [4.78, 5) is 11.5. The van der Waals surface area contributed by atoms with E-state index in [2.05, 4.69) is 50.0 Å². The maximum absolute atomic E-state index is 5.62. The number of nitrogens with two attached hydrogens (primary N) is 1. The first-order valence-corrected chi connectivity index (χ1v) is 8.65. The summed E-state index contributed by atoms with van der Waals surface area (Å²) >= 11 is 3.59. The van der Waals surface area contributed by atoms with Crippen LogP contribution in [0.25, 0.3) is 10.2 Å². The second kappa shape index (κ2) is 6.28. The van der Waals surface area contributed by atoms with Crippen LogP contribution in [-0.2, 0) is 5.75 Å². The first-order chi connectivity index (χ1) is 9.43. The van der Waals surface area contributed by atoms with Gasteiger partial charge in [-0.15, -0.1) is 11.3 Å². The Hall–Kier alpha value is -0.850. The highest BCUT2D eigenvalue weighted by molar-refractivity contribution is 7.99. The predicted octanol–water partition coefficient (Wildman–Crippen LogP) is 3.87. The zero-order valence-corrected chi connectivity index (χ0v) is 14.3. The van der Waals surface area contributed by atoms with E-state index >= 15 is 0 Å². The molecule has 6 heteroatoms. The number of hydrogen-bond acceptors (Lipinski definition) is 6. The highest BCUT2D eigenvalue weighted by Gasteiger charge is 2.15. The average Bonchev–Trinajstić information content (AvgIpc) is 2.70. The number of aromatic nitrogens is 2. The van der Waals surface area contributed by atoms with Gasteiger partial charge in [-0.25, -0.2) is 15.8 Å². The summed E-state index contributed by atoms with van der Waals surface area (Å²) in [5.74, 6) is 8.69. The minimum atomic E-state index is 0.593. The summed E-state index contributed by atoms with van der Waals surface area (Å²) < 4.78 is 0. The van der Waals surface area contributed by atoms with Gasteiger partial charge in [0.25, 0.3) is 0 Å². The van der Waals surface area contributed by atoms with Gasteiger partial charge in [0.1, 0.15) is 10.7 Å². The molecule has 0 aliphatic carbocycles. The molecule has 2 aromatic rings. The number of nitrogens with one attached hydrogen (secondary N) is 1. The molecule has 0 aliphatic heterocycles. The van der Waals surface area contributed by atoms with Crippen LogP contribution in [0.3, 0.4) is 0 Å². The molecular weight excluding hydrogens is 288 g/mol. The van der Waals surface area contributed by atoms with Crippen molar-refractivity contribution in [2.24, 2.45) is 11.8 Å². The van der Waals surface area contributed by atoms with Gasteiger partial charge in [-0.05, 0) is 25.3 Å². The Morgan fingerprint density at radius 3 is 2.55 bits per heavy atom. The average molecular weight is 310 g/mol. The van der Waals surface area contributed by atoms with Crippen molar-refractivity contribution in [3.63, 3.8) is 0 Å². The van der Waals surface area contributed by atoms with Gasteiger partial charge in [0.05, 0.1) is 11.1 Å². The van der Waals surface area contributed by atoms with Crippen LogP contribution in [0, 0.1) is 19.8 Å². The molecule has 0 radical (unpaired) electrons. The molecule has 110 valence electrons. The summed E-state index contributed by atoms with van der Waals surface area (Å²) in [6, 6.07) is 0. The van der Waals surface area contributed by atoms with Gasteiger partial charge in [0, 0.05) is 10.1 Å². The van der Waals surface area contributed by atoms with Crippen LogP contribution in [-0.4, -0.2) is 15.2 Å². The summed E-state index contributed by atoms with van der Waals surface area (Å²) in [6.45, 7) is 10.9. The quantitative estimate of drug-likeness (QED) is 0.648. The van der Waals surface area contributed by atoms with Crippen LogP contribution in [0.2, 0.25) is 0 Å². The number of thiophene rings is 1. The number of thioether (sulfide) groups is 1. The van der Waals surface area contributed by atoms with Gasteiger partial charge in [-0.1, -0.05) is 20.8 Å². The van der Waals surface area contributed by atoms with E-state index in [1.165, 1.54) is 10.4 Å². The number of nitrogen functional groups attached to an aromatic ring is 1. The van der Waals surface area contributed by atoms with E-state index in [-0.39, 0.29) is 0 Å². The van der Waals surface area contributed by atoms with Gasteiger partial charge >= 0.3 is 0 Å². The van der Waals surface area contributed by atoms with E-state index in [0.29, 0.717) is 11.2 Å². The van der Waals surface area contributed by atoms with E-state index in [4.69, 9.17) is 5.84 Å². The van der Waals surface area contributed by atoms with Crippen LogP contribution < -0.4 is 11.3 Å². The molecule has 3 N–H and O–H groups in total. The first-order valence-electron chi connectivity index (χ1n) is 6.78. The number of rotatable bonds is 5. The molecule has 0 amide bonds. The molecule has 1 unspecified atom stereocenters. The Balaban J connectivity index is 2.32. The molecule has 2 heterocycles. The predicted molar refractivity (Wildman–Crippen MR) is 90.3 cm³/mol. The van der Waals surface area contributed by atoms with Crippen molar-refractivity contribution in [2.45, 2.75) is 45.6 Å². The number of hydrogen-bond donors (Lipinski definition) is 2. The normalized spacial score (nSPS) is 13.2. The number of hydrazine groups is 1. The smallest absolute Gasteiger partial charge is 0.152 e. The summed E-state index contributed by atoms with van der Waals surface area (Å²) in [5.41, 5.74) is 3.94. The van der Waals surface area contributed by atoms with Crippen LogP contribution >= 0.6 is 23.1 Å². The van der Waals surface area contributed by atoms with Gasteiger partial charge in [0.15, 0.2) is 5.82 Å². The topological polar surface area (TPSA) is 63.8 Å². The molecule has 0 bridgehead atoms. The van der Waals surface area contributed by atoms with E-state index in [1.807, 2.05) is 11.8 Å². The van der Waals surface area contributed by atoms with Gasteiger partial charge in [-0.3, -0.25) is 0 Å². The van der Waals surface area contributed by atoms with Crippen LogP contribution in [0.5, 0.6) is 0 Å². The third kappa shape index (κ3) is 3.07. The molecule has 0 aromatic carbocycles. The van der Waals surface area contributed by atoms with Crippen molar-refractivity contribution < 1.29 is 0 Å². The van der Waals surface area contributed by atoms with Crippen molar-refractivity contribution >= 4 is 39.1 Å². The maximum Gasteiger partial charge on any atom is 0.152 e.